The molecule has 0 atom stereocenters. The number of benzene rings is 1. The number of nitrogens with zero attached hydrogens (tertiary/aromatic N) is 1. The first-order valence-corrected chi connectivity index (χ1v) is 11.1. The van der Waals surface area contributed by atoms with Gasteiger partial charge in [0.1, 0.15) is 5.75 Å². The van der Waals surface area contributed by atoms with Crippen molar-refractivity contribution in [3.8, 4) is 5.75 Å². The van der Waals surface area contributed by atoms with Crippen LogP contribution in [-0.2, 0) is 14.6 Å². The Morgan fingerprint density at radius 1 is 1.23 bits per heavy atom. The summed E-state index contributed by atoms with van der Waals surface area (Å²) >= 11 is 0. The predicted octanol–water partition coefficient (Wildman–Crippen LogP) is 1.57. The van der Waals surface area contributed by atoms with Gasteiger partial charge in [-0.05, 0) is 62.4 Å². The molecule has 1 aromatic carbocycles. The second kappa shape index (κ2) is 7.56. The van der Waals surface area contributed by atoms with Gasteiger partial charge in [0.05, 0.1) is 7.11 Å². The molecule has 7 heteroatoms. The number of carbonyl (C=O) groups excluding carboxylic acids is 1. The van der Waals surface area contributed by atoms with E-state index < -0.39 is 14.6 Å². The molecule has 3 rings (SSSR count). The zero-order valence-electron chi connectivity index (χ0n) is 15.5. The van der Waals surface area contributed by atoms with E-state index in [1.54, 1.807) is 12.0 Å². The molecule has 144 valence electrons. The van der Waals surface area contributed by atoms with E-state index in [1.807, 2.05) is 18.2 Å². The third-order valence-corrected chi connectivity index (χ3v) is 7.86. The van der Waals surface area contributed by atoms with Crippen molar-refractivity contribution in [3.63, 3.8) is 0 Å². The van der Waals surface area contributed by atoms with Gasteiger partial charge in [-0.2, -0.15) is 0 Å². The summed E-state index contributed by atoms with van der Waals surface area (Å²) in [7, 11) is -1.80. The minimum Gasteiger partial charge on any atom is -0.497 e. The lowest BCUT2D eigenvalue weighted by atomic mass is 9.88. The number of methoxy groups -OCH3 is 1. The third-order valence-electron chi connectivity index (χ3n) is 5.86. The summed E-state index contributed by atoms with van der Waals surface area (Å²) in [6.45, 7) is 2.34. The molecule has 2 aliphatic rings. The molecule has 0 aliphatic carbocycles. The Balaban J connectivity index is 1.71. The molecule has 0 aromatic heterocycles. The van der Waals surface area contributed by atoms with Crippen molar-refractivity contribution in [2.24, 2.45) is 0 Å². The van der Waals surface area contributed by atoms with Crippen molar-refractivity contribution in [1.82, 2.24) is 10.2 Å². The lowest BCUT2D eigenvalue weighted by Crippen LogP contribution is -2.59. The standard InChI is InChI=1S/C19H28N2O4S/c1-25-17-5-3-4-16(14-17)15-6-12-21(13-7-15)18(22)19(26(2,23)24)8-10-20-11-9-19/h3-5,14-15,20H,6-13H2,1-2H3. The summed E-state index contributed by atoms with van der Waals surface area (Å²) in [6.07, 6.45) is 3.62. The van der Waals surface area contributed by atoms with Crippen LogP contribution in [0.1, 0.15) is 37.2 Å². The SMILES string of the molecule is COc1cccc(C2CCN(C(=O)C3(S(C)(=O)=O)CCNCC3)CC2)c1. The number of hydrogen-bond donors (Lipinski definition) is 1. The maximum Gasteiger partial charge on any atom is 0.244 e. The van der Waals surface area contributed by atoms with Gasteiger partial charge in [-0.25, -0.2) is 8.42 Å². The van der Waals surface area contributed by atoms with Gasteiger partial charge in [-0.3, -0.25) is 4.79 Å². The number of sulfone groups is 1. The Bertz CT molecular complexity index is 749. The van der Waals surface area contributed by atoms with Crippen molar-refractivity contribution in [2.75, 3.05) is 39.5 Å². The van der Waals surface area contributed by atoms with Gasteiger partial charge < -0.3 is 15.0 Å². The molecule has 26 heavy (non-hydrogen) atoms. The highest BCUT2D eigenvalue weighted by atomic mass is 32.2. The fourth-order valence-corrected chi connectivity index (χ4v) is 5.57. The molecule has 1 amide bonds. The Kier molecular flexibility index (Phi) is 5.58. The fraction of sp³-hybridized carbons (Fsp3) is 0.632. The molecule has 6 nitrogen and oxygen atoms in total. The predicted molar refractivity (Wildman–Crippen MR) is 101 cm³/mol. The number of hydrogen-bond acceptors (Lipinski definition) is 5. The summed E-state index contributed by atoms with van der Waals surface area (Å²) in [6, 6.07) is 8.05. The van der Waals surface area contributed by atoms with Crippen LogP contribution in [0, 0.1) is 0 Å². The van der Waals surface area contributed by atoms with Crippen molar-refractivity contribution in [2.45, 2.75) is 36.3 Å². The van der Waals surface area contributed by atoms with Crippen LogP contribution in [0.5, 0.6) is 5.75 Å². The number of likely N-dealkylation sites (tertiary alicyclic amines) is 1. The molecular weight excluding hydrogens is 352 g/mol. The molecule has 2 aliphatic heterocycles. The highest BCUT2D eigenvalue weighted by Crippen LogP contribution is 2.34. The van der Waals surface area contributed by atoms with E-state index in [4.69, 9.17) is 4.74 Å². The smallest absolute Gasteiger partial charge is 0.244 e. The van der Waals surface area contributed by atoms with Gasteiger partial charge in [0.15, 0.2) is 14.6 Å². The van der Waals surface area contributed by atoms with Gasteiger partial charge in [-0.15, -0.1) is 0 Å². The van der Waals surface area contributed by atoms with Crippen molar-refractivity contribution < 1.29 is 17.9 Å². The minimum absolute atomic E-state index is 0.203. The van der Waals surface area contributed by atoms with Gasteiger partial charge in [0.2, 0.25) is 5.91 Å². The average Bonchev–Trinajstić information content (AvgIpc) is 2.67. The Morgan fingerprint density at radius 2 is 1.88 bits per heavy atom. The summed E-state index contributed by atoms with van der Waals surface area (Å²) in [5, 5.41) is 3.16. The number of rotatable bonds is 4. The minimum atomic E-state index is -3.46. The summed E-state index contributed by atoms with van der Waals surface area (Å²) < 4.78 is 29.0. The molecular formula is C19H28N2O4S. The van der Waals surface area contributed by atoms with E-state index in [1.165, 1.54) is 11.8 Å². The normalized spacial score (nSPS) is 21.4. The van der Waals surface area contributed by atoms with Crippen LogP contribution in [0.15, 0.2) is 24.3 Å². The number of carbonyl (C=O) groups is 1. The van der Waals surface area contributed by atoms with E-state index in [0.717, 1.165) is 18.6 Å². The van der Waals surface area contributed by atoms with Gasteiger partial charge in [0, 0.05) is 19.3 Å². The summed E-state index contributed by atoms with van der Waals surface area (Å²) in [5.41, 5.74) is 1.22. The van der Waals surface area contributed by atoms with Gasteiger partial charge in [0.25, 0.3) is 0 Å². The average molecular weight is 381 g/mol. The van der Waals surface area contributed by atoms with E-state index in [-0.39, 0.29) is 5.91 Å². The van der Waals surface area contributed by atoms with E-state index in [0.29, 0.717) is 44.9 Å². The van der Waals surface area contributed by atoms with Crippen molar-refractivity contribution in [1.29, 1.82) is 0 Å². The molecule has 1 aromatic rings. The Hall–Kier alpha value is -1.60. The maximum atomic E-state index is 13.2. The molecule has 2 fully saturated rings. The molecule has 2 heterocycles. The summed E-state index contributed by atoms with van der Waals surface area (Å²) in [4.78, 5) is 14.9. The number of nitrogens with one attached hydrogen (secondary N) is 1. The van der Waals surface area contributed by atoms with E-state index >= 15 is 0 Å². The molecule has 1 N–H and O–H groups in total. The van der Waals surface area contributed by atoms with Crippen molar-refractivity contribution in [3.05, 3.63) is 29.8 Å². The van der Waals surface area contributed by atoms with E-state index in [9.17, 15) is 13.2 Å². The molecule has 0 saturated carbocycles. The number of piperidine rings is 2. The second-order valence-electron chi connectivity index (χ2n) is 7.36. The van der Waals surface area contributed by atoms with Crippen LogP contribution in [0.3, 0.4) is 0 Å². The number of amides is 1. The lowest BCUT2D eigenvalue weighted by Gasteiger charge is -2.41. The highest BCUT2D eigenvalue weighted by Gasteiger charge is 2.50. The molecule has 2 saturated heterocycles. The molecule has 0 bridgehead atoms. The Morgan fingerprint density at radius 3 is 2.46 bits per heavy atom. The van der Waals surface area contributed by atoms with Crippen LogP contribution >= 0.6 is 0 Å². The lowest BCUT2D eigenvalue weighted by molar-refractivity contribution is -0.135. The zero-order valence-corrected chi connectivity index (χ0v) is 16.3. The molecule has 0 spiro atoms. The van der Waals surface area contributed by atoms with Crippen LogP contribution < -0.4 is 10.1 Å². The zero-order chi connectivity index (χ0) is 18.8. The first-order chi connectivity index (χ1) is 12.4. The summed E-state index contributed by atoms with van der Waals surface area (Å²) in [5.74, 6) is 1.01. The first kappa shape index (κ1) is 19.2. The Labute approximate surface area is 155 Å². The fourth-order valence-electron chi connectivity index (χ4n) is 4.17. The largest absolute Gasteiger partial charge is 0.497 e. The highest BCUT2D eigenvalue weighted by molar-refractivity contribution is 7.92. The third kappa shape index (κ3) is 3.60. The van der Waals surface area contributed by atoms with Gasteiger partial charge in [-0.1, -0.05) is 12.1 Å². The maximum absolute atomic E-state index is 13.2. The van der Waals surface area contributed by atoms with E-state index in [2.05, 4.69) is 11.4 Å². The van der Waals surface area contributed by atoms with Crippen LogP contribution in [-0.4, -0.2) is 63.5 Å². The molecule has 0 radical (unpaired) electrons. The van der Waals surface area contributed by atoms with Crippen LogP contribution in [0.4, 0.5) is 0 Å². The molecule has 0 unspecified atom stereocenters. The van der Waals surface area contributed by atoms with Crippen LogP contribution in [0.25, 0.3) is 0 Å². The van der Waals surface area contributed by atoms with Gasteiger partial charge >= 0.3 is 0 Å². The monoisotopic (exact) mass is 380 g/mol. The topological polar surface area (TPSA) is 75.7 Å². The van der Waals surface area contributed by atoms with Crippen LogP contribution in [0.2, 0.25) is 0 Å². The number of ether oxygens (including phenoxy) is 1. The quantitative estimate of drug-likeness (QED) is 0.858. The second-order valence-corrected chi connectivity index (χ2v) is 9.69. The van der Waals surface area contributed by atoms with Crippen molar-refractivity contribution >= 4 is 15.7 Å². The first-order valence-electron chi connectivity index (χ1n) is 9.21.